The van der Waals surface area contributed by atoms with Gasteiger partial charge in [0, 0.05) is 0 Å². The predicted octanol–water partition coefficient (Wildman–Crippen LogP) is 2.96. The quantitative estimate of drug-likeness (QED) is 0.933. The Hall–Kier alpha value is -2.38. The highest BCUT2D eigenvalue weighted by Gasteiger charge is 2.28. The lowest BCUT2D eigenvalue weighted by atomic mass is 9.87. The fourth-order valence-corrected chi connectivity index (χ4v) is 2.06. The molecule has 2 rings (SSSR count). The van der Waals surface area contributed by atoms with Crippen molar-refractivity contribution in [3.8, 4) is 11.8 Å². The van der Waals surface area contributed by atoms with Crippen molar-refractivity contribution in [1.29, 1.82) is 5.26 Å². The van der Waals surface area contributed by atoms with Crippen molar-refractivity contribution in [2.24, 2.45) is 0 Å². The third-order valence-electron chi connectivity index (χ3n) is 3.28. The van der Waals surface area contributed by atoms with Crippen LogP contribution in [0.2, 0.25) is 0 Å². The van der Waals surface area contributed by atoms with E-state index < -0.39 is 11.4 Å². The molecule has 0 spiro atoms. The summed E-state index contributed by atoms with van der Waals surface area (Å²) in [6.45, 7) is 1.57. The van der Waals surface area contributed by atoms with Gasteiger partial charge >= 0.3 is 0 Å². The van der Waals surface area contributed by atoms with Gasteiger partial charge in [0.2, 0.25) is 0 Å². The van der Waals surface area contributed by atoms with Crippen LogP contribution in [0.5, 0.6) is 5.75 Å². The summed E-state index contributed by atoms with van der Waals surface area (Å²) >= 11 is 0. The summed E-state index contributed by atoms with van der Waals surface area (Å²) < 4.78 is 18.9. The van der Waals surface area contributed by atoms with Crippen LogP contribution >= 0.6 is 0 Å². The molecule has 0 saturated heterocycles. The highest BCUT2D eigenvalue weighted by atomic mass is 19.1. The van der Waals surface area contributed by atoms with Crippen LogP contribution < -0.4 is 4.74 Å². The zero-order valence-corrected chi connectivity index (χ0v) is 11.2. The van der Waals surface area contributed by atoms with E-state index in [0.29, 0.717) is 11.1 Å². The molecule has 20 heavy (non-hydrogen) atoms. The Morgan fingerprint density at radius 3 is 2.40 bits per heavy atom. The van der Waals surface area contributed by atoms with Crippen LogP contribution in [0.3, 0.4) is 0 Å². The molecule has 0 aliphatic rings. The molecule has 4 heteroatoms. The number of hydrogen-bond acceptors (Lipinski definition) is 3. The van der Waals surface area contributed by atoms with Gasteiger partial charge in [-0.05, 0) is 30.2 Å². The molecule has 1 atom stereocenters. The van der Waals surface area contributed by atoms with Crippen LogP contribution in [-0.2, 0) is 5.60 Å². The highest BCUT2D eigenvalue weighted by Crippen LogP contribution is 2.33. The first kappa shape index (κ1) is 14.0. The molecule has 1 unspecified atom stereocenters. The first-order valence-corrected chi connectivity index (χ1v) is 6.06. The molecule has 0 aliphatic heterocycles. The first-order valence-electron chi connectivity index (χ1n) is 6.06. The molecular formula is C16H14FNO2. The van der Waals surface area contributed by atoms with Crippen molar-refractivity contribution in [3.63, 3.8) is 0 Å². The van der Waals surface area contributed by atoms with E-state index in [2.05, 4.69) is 0 Å². The van der Waals surface area contributed by atoms with Gasteiger partial charge in [0.15, 0.2) is 0 Å². The summed E-state index contributed by atoms with van der Waals surface area (Å²) in [5.41, 5.74) is -0.577. The van der Waals surface area contributed by atoms with Crippen molar-refractivity contribution in [2.45, 2.75) is 12.5 Å². The third kappa shape index (κ3) is 2.36. The van der Waals surface area contributed by atoms with Gasteiger partial charge in [-0.2, -0.15) is 5.26 Å². The number of nitriles is 1. The van der Waals surface area contributed by atoms with Crippen LogP contribution in [-0.4, -0.2) is 12.2 Å². The third-order valence-corrected chi connectivity index (χ3v) is 3.28. The van der Waals surface area contributed by atoms with Gasteiger partial charge in [-0.15, -0.1) is 0 Å². The monoisotopic (exact) mass is 271 g/mol. The fraction of sp³-hybridized carbons (Fsp3) is 0.188. The number of methoxy groups -OCH3 is 1. The van der Waals surface area contributed by atoms with E-state index in [1.165, 1.54) is 13.2 Å². The van der Waals surface area contributed by atoms with Crippen molar-refractivity contribution < 1.29 is 14.2 Å². The molecule has 0 radical (unpaired) electrons. The van der Waals surface area contributed by atoms with Crippen LogP contribution in [0.25, 0.3) is 0 Å². The van der Waals surface area contributed by atoms with E-state index in [9.17, 15) is 9.50 Å². The van der Waals surface area contributed by atoms with Crippen LogP contribution in [0.4, 0.5) is 4.39 Å². The zero-order chi connectivity index (χ0) is 14.8. The average Bonchev–Trinajstić information content (AvgIpc) is 2.47. The maximum absolute atomic E-state index is 13.9. The topological polar surface area (TPSA) is 53.2 Å². The van der Waals surface area contributed by atoms with Gasteiger partial charge in [0.25, 0.3) is 0 Å². The van der Waals surface area contributed by atoms with E-state index in [0.717, 1.165) is 6.07 Å². The Morgan fingerprint density at radius 2 is 1.85 bits per heavy atom. The summed E-state index contributed by atoms with van der Waals surface area (Å²) in [5, 5.41) is 19.6. The van der Waals surface area contributed by atoms with E-state index in [-0.39, 0.29) is 11.3 Å². The van der Waals surface area contributed by atoms with Crippen LogP contribution in [0.1, 0.15) is 23.6 Å². The number of hydrogen-bond donors (Lipinski definition) is 1. The highest BCUT2D eigenvalue weighted by molar-refractivity contribution is 5.49. The summed E-state index contributed by atoms with van der Waals surface area (Å²) in [5.74, 6) is -0.600. The van der Waals surface area contributed by atoms with Crippen LogP contribution in [0, 0.1) is 17.1 Å². The van der Waals surface area contributed by atoms with Crippen molar-refractivity contribution in [2.75, 3.05) is 7.11 Å². The molecule has 0 aliphatic carbocycles. The van der Waals surface area contributed by atoms with Gasteiger partial charge < -0.3 is 9.84 Å². The lowest BCUT2D eigenvalue weighted by Crippen LogP contribution is -2.23. The number of benzene rings is 2. The molecule has 0 fully saturated rings. The van der Waals surface area contributed by atoms with Crippen molar-refractivity contribution in [3.05, 3.63) is 65.0 Å². The Labute approximate surface area is 116 Å². The first-order chi connectivity index (χ1) is 9.50. The standard InChI is InChI=1S/C16H14FNO2/c1-16(19,11-6-4-3-5-7-11)12-8-14(17)13(10-18)15(9-12)20-2/h3-9,19H,1-2H3. The second-order valence-corrected chi connectivity index (χ2v) is 4.59. The number of aliphatic hydroxyl groups is 1. The SMILES string of the molecule is COc1cc(C(C)(O)c2ccccc2)cc(F)c1C#N. The largest absolute Gasteiger partial charge is 0.495 e. The lowest BCUT2D eigenvalue weighted by molar-refractivity contribution is 0.101. The van der Waals surface area contributed by atoms with Crippen molar-refractivity contribution >= 4 is 0 Å². The van der Waals surface area contributed by atoms with Gasteiger partial charge in [0.05, 0.1) is 7.11 Å². The molecule has 3 nitrogen and oxygen atoms in total. The second kappa shape index (κ2) is 5.32. The van der Waals surface area contributed by atoms with Gasteiger partial charge in [-0.3, -0.25) is 0 Å². The Bertz CT molecular complexity index is 660. The number of ether oxygens (including phenoxy) is 1. The molecule has 1 N–H and O–H groups in total. The minimum Gasteiger partial charge on any atom is -0.495 e. The van der Waals surface area contributed by atoms with E-state index in [1.54, 1.807) is 37.3 Å². The Kier molecular flexibility index (Phi) is 3.73. The molecule has 0 aromatic heterocycles. The molecule has 102 valence electrons. The van der Waals surface area contributed by atoms with Gasteiger partial charge in [0.1, 0.15) is 28.8 Å². The maximum atomic E-state index is 13.9. The van der Waals surface area contributed by atoms with E-state index in [1.807, 2.05) is 6.07 Å². The summed E-state index contributed by atoms with van der Waals surface area (Å²) in [6.07, 6.45) is 0. The fourth-order valence-electron chi connectivity index (χ4n) is 2.06. The molecule has 0 amide bonds. The van der Waals surface area contributed by atoms with Gasteiger partial charge in [-0.1, -0.05) is 30.3 Å². The summed E-state index contributed by atoms with van der Waals surface area (Å²) in [6, 6.07) is 13.3. The average molecular weight is 271 g/mol. The van der Waals surface area contributed by atoms with Crippen molar-refractivity contribution in [1.82, 2.24) is 0 Å². The Balaban J connectivity index is 2.59. The predicted molar refractivity (Wildman–Crippen MR) is 72.8 cm³/mol. The normalized spacial score (nSPS) is 13.3. The Morgan fingerprint density at radius 1 is 1.20 bits per heavy atom. The number of halogens is 1. The zero-order valence-electron chi connectivity index (χ0n) is 11.2. The number of rotatable bonds is 3. The second-order valence-electron chi connectivity index (χ2n) is 4.59. The summed E-state index contributed by atoms with van der Waals surface area (Å²) in [4.78, 5) is 0. The molecule has 2 aromatic carbocycles. The number of nitrogens with zero attached hydrogens (tertiary/aromatic N) is 1. The molecule has 0 heterocycles. The van der Waals surface area contributed by atoms with E-state index in [4.69, 9.17) is 10.00 Å². The molecule has 0 saturated carbocycles. The minimum atomic E-state index is -1.37. The minimum absolute atomic E-state index is 0.110. The maximum Gasteiger partial charge on any atom is 0.145 e. The molecule has 0 bridgehead atoms. The van der Waals surface area contributed by atoms with E-state index >= 15 is 0 Å². The molecule has 2 aromatic rings. The lowest BCUT2D eigenvalue weighted by Gasteiger charge is -2.25. The molecular weight excluding hydrogens is 257 g/mol. The smallest absolute Gasteiger partial charge is 0.145 e. The van der Waals surface area contributed by atoms with Gasteiger partial charge in [-0.25, -0.2) is 4.39 Å². The van der Waals surface area contributed by atoms with Crippen LogP contribution in [0.15, 0.2) is 42.5 Å². The summed E-state index contributed by atoms with van der Waals surface area (Å²) in [7, 11) is 1.36.